The number of thiol groups is 1. The van der Waals surface area contributed by atoms with Gasteiger partial charge in [0.15, 0.2) is 0 Å². The van der Waals surface area contributed by atoms with E-state index in [0.717, 1.165) is 61.6 Å². The van der Waals surface area contributed by atoms with Crippen molar-refractivity contribution in [3.8, 4) is 0 Å². The van der Waals surface area contributed by atoms with Gasteiger partial charge in [0.25, 0.3) is 0 Å². The van der Waals surface area contributed by atoms with E-state index in [1.165, 1.54) is 0 Å². The molecule has 2 unspecified atom stereocenters. The van der Waals surface area contributed by atoms with Gasteiger partial charge in [-0.05, 0) is 58.6 Å². The number of ether oxygens (including phenoxy) is 1. The van der Waals surface area contributed by atoms with Gasteiger partial charge in [0.05, 0.1) is 0 Å². The number of unbranched alkanes of at least 4 members (excludes halogenated alkanes) is 5. The number of amides is 3. The van der Waals surface area contributed by atoms with Gasteiger partial charge in [-0.1, -0.05) is 69.7 Å². The van der Waals surface area contributed by atoms with Crippen molar-refractivity contribution in [2.24, 2.45) is 0 Å². The quantitative estimate of drug-likeness (QED) is 0.193. The fourth-order valence-electron chi connectivity index (χ4n) is 4.16. The van der Waals surface area contributed by atoms with E-state index in [0.29, 0.717) is 13.1 Å². The molecule has 37 heavy (non-hydrogen) atoms. The van der Waals surface area contributed by atoms with E-state index in [1.807, 2.05) is 32.0 Å². The first-order valence-corrected chi connectivity index (χ1v) is 14.3. The molecule has 1 aromatic rings. The minimum absolute atomic E-state index is 0.0848. The van der Waals surface area contributed by atoms with Crippen LogP contribution in [-0.4, -0.2) is 53.3 Å². The maximum Gasteiger partial charge on any atom is 0.408 e. The minimum atomic E-state index is -0.925. The molecule has 0 bridgehead atoms. The molecule has 7 nitrogen and oxygen atoms in total. The van der Waals surface area contributed by atoms with Gasteiger partial charge in [0.1, 0.15) is 17.7 Å². The molecule has 1 rings (SSSR count). The van der Waals surface area contributed by atoms with Crippen molar-refractivity contribution in [1.29, 1.82) is 0 Å². The Kier molecular flexibility index (Phi) is 14.7. The molecule has 0 radical (unpaired) electrons. The number of alkyl carbamates (subject to hydrolysis) is 1. The fraction of sp³-hybridized carbons (Fsp3) is 0.690. The summed E-state index contributed by atoms with van der Waals surface area (Å²) >= 11 is 4.36. The third-order valence-corrected chi connectivity index (χ3v) is 6.43. The highest BCUT2D eigenvalue weighted by Crippen LogP contribution is 2.27. The number of aryl methyl sites for hydroxylation is 2. The lowest BCUT2D eigenvalue weighted by Gasteiger charge is -2.35. The summed E-state index contributed by atoms with van der Waals surface area (Å²) in [5, 5.41) is 5.71. The van der Waals surface area contributed by atoms with Gasteiger partial charge in [-0.3, -0.25) is 9.59 Å². The molecular formula is C29H49N3O4S. The predicted octanol–water partition coefficient (Wildman–Crippen LogP) is 5.88. The van der Waals surface area contributed by atoms with E-state index < -0.39 is 23.8 Å². The molecule has 1 aromatic carbocycles. The zero-order chi connectivity index (χ0) is 28.0. The second-order valence-corrected chi connectivity index (χ2v) is 11.1. The first-order chi connectivity index (χ1) is 17.4. The summed E-state index contributed by atoms with van der Waals surface area (Å²) in [6.45, 7) is 14.4. The van der Waals surface area contributed by atoms with Crippen molar-refractivity contribution in [2.75, 3.05) is 18.8 Å². The summed E-state index contributed by atoms with van der Waals surface area (Å²) in [7, 11) is 0. The Morgan fingerprint density at radius 1 is 1.00 bits per heavy atom. The summed E-state index contributed by atoms with van der Waals surface area (Å²) < 4.78 is 5.38. The highest BCUT2D eigenvalue weighted by molar-refractivity contribution is 7.80. The van der Waals surface area contributed by atoms with E-state index in [2.05, 4.69) is 37.1 Å². The molecule has 0 aromatic heterocycles. The summed E-state index contributed by atoms with van der Waals surface area (Å²) in [6, 6.07) is 4.20. The molecular weight excluding hydrogens is 486 g/mol. The van der Waals surface area contributed by atoms with Crippen LogP contribution in [0.4, 0.5) is 4.79 Å². The summed E-state index contributed by atoms with van der Waals surface area (Å²) in [6.07, 6.45) is 6.17. The zero-order valence-corrected chi connectivity index (χ0v) is 24.9. The van der Waals surface area contributed by atoms with Gasteiger partial charge in [-0.15, -0.1) is 0 Å². The van der Waals surface area contributed by atoms with Gasteiger partial charge in [-0.25, -0.2) is 4.79 Å². The van der Waals surface area contributed by atoms with Crippen LogP contribution in [0.3, 0.4) is 0 Å². The Hall–Kier alpha value is -2.22. The van der Waals surface area contributed by atoms with Gasteiger partial charge in [0.2, 0.25) is 11.8 Å². The summed E-state index contributed by atoms with van der Waals surface area (Å²) in [4.78, 5) is 41.7. The highest BCUT2D eigenvalue weighted by Gasteiger charge is 2.36. The number of benzene rings is 1. The highest BCUT2D eigenvalue weighted by atomic mass is 32.1. The van der Waals surface area contributed by atoms with Gasteiger partial charge < -0.3 is 20.3 Å². The van der Waals surface area contributed by atoms with Gasteiger partial charge in [-0.2, -0.15) is 12.6 Å². The van der Waals surface area contributed by atoms with E-state index in [-0.39, 0.29) is 17.6 Å². The van der Waals surface area contributed by atoms with Crippen LogP contribution in [0.5, 0.6) is 0 Å². The first kappa shape index (κ1) is 32.8. The molecule has 0 fully saturated rings. The van der Waals surface area contributed by atoms with Gasteiger partial charge in [0, 0.05) is 18.8 Å². The number of nitrogens with one attached hydrogen (secondary N) is 2. The smallest absolute Gasteiger partial charge is 0.408 e. The number of carbonyl (C=O) groups is 3. The van der Waals surface area contributed by atoms with Crippen LogP contribution < -0.4 is 10.6 Å². The summed E-state index contributed by atoms with van der Waals surface area (Å²) in [5.41, 5.74) is 2.12. The van der Waals surface area contributed by atoms with E-state index in [4.69, 9.17) is 4.74 Å². The van der Waals surface area contributed by atoms with Crippen molar-refractivity contribution in [3.63, 3.8) is 0 Å². The lowest BCUT2D eigenvalue weighted by atomic mass is 9.96. The van der Waals surface area contributed by atoms with Crippen molar-refractivity contribution in [1.82, 2.24) is 15.5 Å². The molecule has 0 spiro atoms. The number of hydrogen-bond donors (Lipinski definition) is 3. The second kappa shape index (κ2) is 16.6. The lowest BCUT2D eigenvalue weighted by molar-refractivity contribution is -0.142. The van der Waals surface area contributed by atoms with E-state index >= 15 is 0 Å². The predicted molar refractivity (Wildman–Crippen MR) is 154 cm³/mol. The molecule has 210 valence electrons. The third kappa shape index (κ3) is 11.8. The van der Waals surface area contributed by atoms with E-state index in [9.17, 15) is 14.4 Å². The molecule has 2 N–H and O–H groups in total. The van der Waals surface area contributed by atoms with E-state index in [1.54, 1.807) is 25.7 Å². The Morgan fingerprint density at radius 2 is 1.65 bits per heavy atom. The van der Waals surface area contributed by atoms with Crippen LogP contribution in [0.1, 0.15) is 102 Å². The average molecular weight is 536 g/mol. The number of carbonyl (C=O) groups excluding carboxylic acids is 3. The Morgan fingerprint density at radius 3 is 2.22 bits per heavy atom. The maximum atomic E-state index is 13.9. The molecule has 0 saturated heterocycles. The molecule has 0 aliphatic carbocycles. The Labute approximate surface area is 229 Å². The number of rotatable bonds is 15. The fourth-order valence-corrected chi connectivity index (χ4v) is 4.40. The van der Waals surface area contributed by atoms with Gasteiger partial charge >= 0.3 is 6.09 Å². The van der Waals surface area contributed by atoms with Crippen molar-refractivity contribution in [3.05, 3.63) is 34.9 Å². The average Bonchev–Trinajstić information content (AvgIpc) is 2.81. The molecule has 0 saturated carbocycles. The first-order valence-electron chi connectivity index (χ1n) is 13.7. The SMILES string of the molecule is CCCCCCCN(C(=O)C(CS)NC(=O)OC(C)(C)C)C(C(=O)NCCCC)c1ccc(C)cc1C. The van der Waals surface area contributed by atoms with Crippen LogP contribution >= 0.6 is 12.6 Å². The minimum Gasteiger partial charge on any atom is -0.444 e. The molecule has 2 atom stereocenters. The Bertz CT molecular complexity index is 869. The Balaban J connectivity index is 3.39. The van der Waals surface area contributed by atoms with Crippen LogP contribution in [0, 0.1) is 13.8 Å². The summed E-state index contributed by atoms with van der Waals surface area (Å²) in [5.74, 6) is -0.467. The molecule has 8 heteroatoms. The monoisotopic (exact) mass is 535 g/mol. The van der Waals surface area contributed by atoms with Crippen molar-refractivity contribution < 1.29 is 19.1 Å². The molecule has 0 aliphatic rings. The van der Waals surface area contributed by atoms with Crippen LogP contribution in [0.25, 0.3) is 0 Å². The van der Waals surface area contributed by atoms with Crippen molar-refractivity contribution >= 4 is 30.5 Å². The number of nitrogens with zero attached hydrogens (tertiary/aromatic N) is 1. The van der Waals surface area contributed by atoms with Crippen LogP contribution in [0.15, 0.2) is 18.2 Å². The maximum absolute atomic E-state index is 13.9. The number of hydrogen-bond acceptors (Lipinski definition) is 5. The van der Waals surface area contributed by atoms with Crippen molar-refractivity contribution in [2.45, 2.75) is 111 Å². The second-order valence-electron chi connectivity index (χ2n) is 10.7. The third-order valence-electron chi connectivity index (χ3n) is 6.07. The van der Waals surface area contributed by atoms with Crippen LogP contribution in [-0.2, 0) is 14.3 Å². The molecule has 0 heterocycles. The lowest BCUT2D eigenvalue weighted by Crippen LogP contribution is -2.54. The normalized spacial score (nSPS) is 13.0. The molecule has 0 aliphatic heterocycles. The molecule has 3 amide bonds. The standard InChI is InChI=1S/C29H49N3O4S/c1-8-10-12-13-14-18-32(27(34)24(20-37)31-28(35)36-29(5,6)7)25(26(33)30-17-11-9-2)23-16-15-21(3)19-22(23)4/h15-16,19,24-25,37H,8-14,17-18,20H2,1-7H3,(H,30,33)(H,31,35). The van der Waals surface area contributed by atoms with Crippen LogP contribution in [0.2, 0.25) is 0 Å². The zero-order valence-electron chi connectivity index (χ0n) is 24.0. The topological polar surface area (TPSA) is 87.7 Å². The largest absolute Gasteiger partial charge is 0.444 e.